The molecule has 6 heteroatoms. The van der Waals surface area contributed by atoms with E-state index in [0.717, 1.165) is 30.0 Å². The first kappa shape index (κ1) is 17.3. The van der Waals surface area contributed by atoms with Gasteiger partial charge in [0.05, 0.1) is 10.0 Å². The Balaban J connectivity index is 2.19. The highest BCUT2D eigenvalue weighted by molar-refractivity contribution is 7.13. The number of unbranched alkanes of at least 4 members (excludes halogenated alkanes) is 1. The second-order valence-electron chi connectivity index (χ2n) is 4.91. The maximum absolute atomic E-state index is 12.5. The molecule has 0 bridgehead atoms. The van der Waals surface area contributed by atoms with Crippen LogP contribution in [0.4, 0.5) is 0 Å². The van der Waals surface area contributed by atoms with Crippen molar-refractivity contribution in [2.24, 2.45) is 0 Å². The molecule has 1 amide bonds. The van der Waals surface area contributed by atoms with Gasteiger partial charge < -0.3 is 4.90 Å². The van der Waals surface area contributed by atoms with Crippen molar-refractivity contribution in [1.29, 1.82) is 0 Å². The lowest BCUT2D eigenvalue weighted by atomic mass is 10.2. The van der Waals surface area contributed by atoms with Gasteiger partial charge in [-0.3, -0.25) is 4.79 Å². The number of hydrogen-bond donors (Lipinski definition) is 0. The summed E-state index contributed by atoms with van der Waals surface area (Å²) in [6.07, 6.45) is 2.07. The Morgan fingerprint density at radius 2 is 2.05 bits per heavy atom. The van der Waals surface area contributed by atoms with Crippen molar-refractivity contribution in [1.82, 2.24) is 9.88 Å². The summed E-state index contributed by atoms with van der Waals surface area (Å²) in [6.45, 7) is 5.56. The fourth-order valence-electron chi connectivity index (χ4n) is 2.05. The SMILES string of the molecule is CCCCN(CC)C(=O)c1csc(-c2ccc(Cl)c(Cl)c2)n1. The summed E-state index contributed by atoms with van der Waals surface area (Å²) < 4.78 is 0. The molecule has 0 atom stereocenters. The van der Waals surface area contributed by atoms with E-state index in [4.69, 9.17) is 23.2 Å². The van der Waals surface area contributed by atoms with Crippen molar-refractivity contribution in [2.75, 3.05) is 13.1 Å². The summed E-state index contributed by atoms with van der Waals surface area (Å²) >= 11 is 13.4. The van der Waals surface area contributed by atoms with E-state index in [-0.39, 0.29) is 5.91 Å². The van der Waals surface area contributed by atoms with Gasteiger partial charge in [-0.1, -0.05) is 42.6 Å². The number of nitrogens with zero attached hydrogens (tertiary/aromatic N) is 2. The van der Waals surface area contributed by atoms with Crippen LogP contribution < -0.4 is 0 Å². The van der Waals surface area contributed by atoms with Gasteiger partial charge in [0.25, 0.3) is 5.91 Å². The van der Waals surface area contributed by atoms with Gasteiger partial charge in [0.1, 0.15) is 10.7 Å². The normalized spacial score (nSPS) is 10.7. The standard InChI is InChI=1S/C16H18Cl2N2OS/c1-3-5-8-20(4-2)16(21)14-10-22-15(19-14)11-6-7-12(17)13(18)9-11/h6-7,9-10H,3-5,8H2,1-2H3. The number of rotatable bonds is 6. The Morgan fingerprint density at radius 1 is 1.27 bits per heavy atom. The largest absolute Gasteiger partial charge is 0.338 e. The van der Waals surface area contributed by atoms with Gasteiger partial charge >= 0.3 is 0 Å². The zero-order chi connectivity index (χ0) is 16.1. The number of halogens is 2. The predicted molar refractivity (Wildman–Crippen MR) is 94.1 cm³/mol. The van der Waals surface area contributed by atoms with Gasteiger partial charge in [0, 0.05) is 24.0 Å². The molecule has 2 aromatic rings. The number of thiazole rings is 1. The third-order valence-electron chi connectivity index (χ3n) is 3.34. The van der Waals surface area contributed by atoms with E-state index in [1.54, 1.807) is 17.5 Å². The van der Waals surface area contributed by atoms with Crippen LogP contribution in [0.1, 0.15) is 37.2 Å². The highest BCUT2D eigenvalue weighted by Crippen LogP contribution is 2.30. The fraction of sp³-hybridized carbons (Fsp3) is 0.375. The van der Waals surface area contributed by atoms with Crippen molar-refractivity contribution in [2.45, 2.75) is 26.7 Å². The molecule has 0 aliphatic carbocycles. The van der Waals surface area contributed by atoms with Gasteiger partial charge in [-0.05, 0) is 25.5 Å². The maximum atomic E-state index is 12.5. The molecular weight excluding hydrogens is 339 g/mol. The summed E-state index contributed by atoms with van der Waals surface area (Å²) in [4.78, 5) is 18.8. The molecule has 0 N–H and O–H groups in total. The third kappa shape index (κ3) is 4.00. The molecule has 22 heavy (non-hydrogen) atoms. The Morgan fingerprint density at radius 3 is 2.68 bits per heavy atom. The number of aromatic nitrogens is 1. The van der Waals surface area contributed by atoms with Crippen LogP contribution in [-0.2, 0) is 0 Å². The summed E-state index contributed by atoms with van der Waals surface area (Å²) in [6, 6.07) is 5.36. The molecule has 0 aliphatic rings. The minimum Gasteiger partial charge on any atom is -0.338 e. The van der Waals surface area contributed by atoms with E-state index in [1.807, 2.05) is 17.9 Å². The van der Waals surface area contributed by atoms with Crippen molar-refractivity contribution in [3.05, 3.63) is 39.3 Å². The van der Waals surface area contributed by atoms with Gasteiger partial charge in [-0.25, -0.2) is 4.98 Å². The lowest BCUT2D eigenvalue weighted by molar-refractivity contribution is 0.0757. The number of carbonyl (C=O) groups excluding carboxylic acids is 1. The lowest BCUT2D eigenvalue weighted by Gasteiger charge is -2.19. The number of carbonyl (C=O) groups is 1. The van der Waals surface area contributed by atoms with Crippen LogP contribution in [0.2, 0.25) is 10.0 Å². The third-order valence-corrected chi connectivity index (χ3v) is 4.97. The number of amides is 1. The quantitative estimate of drug-likeness (QED) is 0.695. The molecule has 118 valence electrons. The predicted octanol–water partition coefficient (Wildman–Crippen LogP) is 5.38. The molecule has 1 aromatic heterocycles. The van der Waals surface area contributed by atoms with E-state index >= 15 is 0 Å². The molecule has 0 fully saturated rings. The van der Waals surface area contributed by atoms with E-state index in [0.29, 0.717) is 22.3 Å². The van der Waals surface area contributed by atoms with Crippen molar-refractivity contribution < 1.29 is 4.79 Å². The second kappa shape index (κ2) is 7.95. The zero-order valence-electron chi connectivity index (χ0n) is 12.6. The molecule has 1 aromatic carbocycles. The molecular formula is C16H18Cl2N2OS. The molecule has 0 unspecified atom stereocenters. The average molecular weight is 357 g/mol. The van der Waals surface area contributed by atoms with Crippen LogP contribution in [0.25, 0.3) is 10.6 Å². The minimum absolute atomic E-state index is 0.0153. The van der Waals surface area contributed by atoms with Gasteiger partial charge in [0.2, 0.25) is 0 Å². The zero-order valence-corrected chi connectivity index (χ0v) is 14.9. The first-order valence-corrected chi connectivity index (χ1v) is 8.90. The Bertz CT molecular complexity index is 657. The smallest absolute Gasteiger partial charge is 0.273 e. The van der Waals surface area contributed by atoms with Gasteiger partial charge in [-0.2, -0.15) is 0 Å². The number of hydrogen-bond acceptors (Lipinski definition) is 3. The van der Waals surface area contributed by atoms with Crippen molar-refractivity contribution in [3.8, 4) is 10.6 Å². The topological polar surface area (TPSA) is 33.2 Å². The van der Waals surface area contributed by atoms with Crippen LogP contribution >= 0.6 is 34.5 Å². The van der Waals surface area contributed by atoms with E-state index < -0.39 is 0 Å². The molecule has 0 spiro atoms. The number of benzene rings is 1. The minimum atomic E-state index is -0.0153. The monoisotopic (exact) mass is 356 g/mol. The summed E-state index contributed by atoms with van der Waals surface area (Å²) in [5.41, 5.74) is 1.36. The van der Waals surface area contributed by atoms with Gasteiger partial charge in [-0.15, -0.1) is 11.3 Å². The Hall–Kier alpha value is -1.10. The maximum Gasteiger partial charge on any atom is 0.273 e. The van der Waals surface area contributed by atoms with E-state index in [9.17, 15) is 4.79 Å². The molecule has 2 rings (SSSR count). The molecule has 0 saturated heterocycles. The van der Waals surface area contributed by atoms with Crippen LogP contribution in [0.3, 0.4) is 0 Å². The fourth-order valence-corrected chi connectivity index (χ4v) is 3.14. The van der Waals surface area contributed by atoms with Crippen LogP contribution in [0.5, 0.6) is 0 Å². The van der Waals surface area contributed by atoms with E-state index in [1.165, 1.54) is 11.3 Å². The van der Waals surface area contributed by atoms with E-state index in [2.05, 4.69) is 11.9 Å². The Kier molecular flexibility index (Phi) is 6.24. The van der Waals surface area contributed by atoms with Gasteiger partial charge in [0.15, 0.2) is 0 Å². The molecule has 3 nitrogen and oxygen atoms in total. The molecule has 0 radical (unpaired) electrons. The molecule has 0 aliphatic heterocycles. The second-order valence-corrected chi connectivity index (χ2v) is 6.58. The van der Waals surface area contributed by atoms with Crippen molar-refractivity contribution >= 4 is 40.4 Å². The first-order valence-electron chi connectivity index (χ1n) is 7.27. The highest BCUT2D eigenvalue weighted by Gasteiger charge is 2.17. The van der Waals surface area contributed by atoms with Crippen LogP contribution in [0, 0.1) is 0 Å². The van der Waals surface area contributed by atoms with Crippen LogP contribution in [0.15, 0.2) is 23.6 Å². The lowest BCUT2D eigenvalue weighted by Crippen LogP contribution is -2.31. The summed E-state index contributed by atoms with van der Waals surface area (Å²) in [7, 11) is 0. The molecule has 1 heterocycles. The first-order chi connectivity index (χ1) is 10.6. The summed E-state index contributed by atoms with van der Waals surface area (Å²) in [5.74, 6) is -0.0153. The Labute approximate surface area is 144 Å². The highest BCUT2D eigenvalue weighted by atomic mass is 35.5. The average Bonchev–Trinajstić information content (AvgIpc) is 3.00. The molecule has 0 saturated carbocycles. The van der Waals surface area contributed by atoms with Crippen molar-refractivity contribution in [3.63, 3.8) is 0 Å². The van der Waals surface area contributed by atoms with Crippen LogP contribution in [-0.4, -0.2) is 28.9 Å². The summed E-state index contributed by atoms with van der Waals surface area (Å²) in [5, 5.41) is 3.57.